The molecule has 1 aliphatic heterocycles. The third kappa shape index (κ3) is 1.40. The number of amides is 1. The molecule has 1 amide bonds. The zero-order valence-corrected chi connectivity index (χ0v) is 5.00. The van der Waals surface area contributed by atoms with Crippen molar-refractivity contribution >= 4 is 5.91 Å². The van der Waals surface area contributed by atoms with Crippen molar-refractivity contribution in [2.45, 2.75) is 25.1 Å². The molecule has 1 heterocycles. The number of hydrogen-bond acceptors (Lipinski definition) is 3. The maximum Gasteiger partial charge on any atom is 0.238 e. The van der Waals surface area contributed by atoms with Gasteiger partial charge in [0.15, 0.2) is 0 Å². The van der Waals surface area contributed by atoms with Crippen LogP contribution in [0.25, 0.3) is 0 Å². The minimum Gasteiger partial charge on any atom is -0.374 e. The van der Waals surface area contributed by atoms with Crippen molar-refractivity contribution in [2.24, 2.45) is 5.73 Å². The SMILES string of the molecule is N[C@@H]1CCC(O)NC1=O. The van der Waals surface area contributed by atoms with Crippen LogP contribution >= 0.6 is 0 Å². The van der Waals surface area contributed by atoms with Gasteiger partial charge in [-0.05, 0) is 12.8 Å². The van der Waals surface area contributed by atoms with Crippen LogP contribution in [-0.2, 0) is 4.79 Å². The van der Waals surface area contributed by atoms with Gasteiger partial charge in [-0.25, -0.2) is 0 Å². The van der Waals surface area contributed by atoms with Crippen molar-refractivity contribution in [1.29, 1.82) is 0 Å². The summed E-state index contributed by atoms with van der Waals surface area (Å²) >= 11 is 0. The summed E-state index contributed by atoms with van der Waals surface area (Å²) in [5.41, 5.74) is 5.32. The Morgan fingerprint density at radius 1 is 1.67 bits per heavy atom. The molecule has 4 N–H and O–H groups in total. The van der Waals surface area contributed by atoms with Crippen molar-refractivity contribution in [2.75, 3.05) is 0 Å². The molecular formula is C5H10N2O2. The molecule has 1 aliphatic rings. The lowest BCUT2D eigenvalue weighted by Gasteiger charge is -2.22. The fourth-order valence-electron chi connectivity index (χ4n) is 0.812. The Morgan fingerprint density at radius 3 is 2.78 bits per heavy atom. The molecule has 9 heavy (non-hydrogen) atoms. The van der Waals surface area contributed by atoms with E-state index in [0.29, 0.717) is 12.8 Å². The molecule has 2 atom stereocenters. The van der Waals surface area contributed by atoms with Gasteiger partial charge in [-0.3, -0.25) is 4.79 Å². The number of carbonyl (C=O) groups excluding carboxylic acids is 1. The van der Waals surface area contributed by atoms with Crippen molar-refractivity contribution < 1.29 is 9.90 Å². The molecule has 0 aromatic carbocycles. The Balaban J connectivity index is 2.44. The molecule has 0 radical (unpaired) electrons. The summed E-state index contributed by atoms with van der Waals surface area (Å²) in [4.78, 5) is 10.6. The van der Waals surface area contributed by atoms with Crippen molar-refractivity contribution in [1.82, 2.24) is 5.32 Å². The third-order valence-corrected chi connectivity index (χ3v) is 1.40. The first-order valence-corrected chi connectivity index (χ1v) is 2.94. The molecular weight excluding hydrogens is 120 g/mol. The van der Waals surface area contributed by atoms with Gasteiger partial charge in [0, 0.05) is 0 Å². The van der Waals surface area contributed by atoms with E-state index >= 15 is 0 Å². The van der Waals surface area contributed by atoms with Gasteiger partial charge < -0.3 is 16.2 Å². The summed E-state index contributed by atoms with van der Waals surface area (Å²) < 4.78 is 0. The van der Waals surface area contributed by atoms with Crippen LogP contribution in [-0.4, -0.2) is 23.3 Å². The van der Waals surface area contributed by atoms with Crippen LogP contribution < -0.4 is 11.1 Å². The lowest BCUT2D eigenvalue weighted by molar-refractivity contribution is -0.128. The highest BCUT2D eigenvalue weighted by Crippen LogP contribution is 2.03. The van der Waals surface area contributed by atoms with Gasteiger partial charge in [0.1, 0.15) is 6.23 Å². The minimum atomic E-state index is -0.683. The van der Waals surface area contributed by atoms with E-state index in [1.54, 1.807) is 0 Å². The van der Waals surface area contributed by atoms with E-state index in [1.807, 2.05) is 0 Å². The second kappa shape index (κ2) is 2.33. The predicted molar refractivity (Wildman–Crippen MR) is 31.4 cm³/mol. The second-order valence-corrected chi connectivity index (χ2v) is 2.21. The molecule has 1 saturated heterocycles. The molecule has 0 aromatic rings. The molecule has 52 valence electrons. The number of rotatable bonds is 0. The molecule has 0 spiro atoms. The molecule has 4 heteroatoms. The largest absolute Gasteiger partial charge is 0.374 e. The smallest absolute Gasteiger partial charge is 0.238 e. The number of aliphatic hydroxyl groups is 1. The van der Waals surface area contributed by atoms with E-state index in [2.05, 4.69) is 5.32 Å². The summed E-state index contributed by atoms with van der Waals surface area (Å²) in [6.07, 6.45) is 0.456. The fourth-order valence-corrected chi connectivity index (χ4v) is 0.812. The van der Waals surface area contributed by atoms with Gasteiger partial charge in [-0.2, -0.15) is 0 Å². The summed E-state index contributed by atoms with van der Waals surface area (Å²) in [5.74, 6) is -0.256. The van der Waals surface area contributed by atoms with Gasteiger partial charge in [0.25, 0.3) is 0 Å². The van der Waals surface area contributed by atoms with Gasteiger partial charge >= 0.3 is 0 Å². The van der Waals surface area contributed by atoms with E-state index in [1.165, 1.54) is 0 Å². The maximum absolute atomic E-state index is 10.6. The van der Waals surface area contributed by atoms with Gasteiger partial charge in [-0.15, -0.1) is 0 Å². The Bertz CT molecular complexity index is 126. The number of piperidine rings is 1. The molecule has 0 aliphatic carbocycles. The third-order valence-electron chi connectivity index (χ3n) is 1.40. The normalized spacial score (nSPS) is 36.0. The average molecular weight is 130 g/mol. The Kier molecular flexibility index (Phi) is 1.68. The Morgan fingerprint density at radius 2 is 2.33 bits per heavy atom. The van der Waals surface area contributed by atoms with Crippen molar-refractivity contribution in [3.8, 4) is 0 Å². The van der Waals surface area contributed by atoms with Crippen molar-refractivity contribution in [3.05, 3.63) is 0 Å². The summed E-state index contributed by atoms with van der Waals surface area (Å²) in [6, 6.07) is -0.423. The first-order chi connectivity index (χ1) is 4.20. The molecule has 0 bridgehead atoms. The molecule has 1 rings (SSSR count). The van der Waals surface area contributed by atoms with Crippen LogP contribution in [0.2, 0.25) is 0 Å². The lowest BCUT2D eigenvalue weighted by atomic mass is 10.1. The predicted octanol–water partition coefficient (Wildman–Crippen LogP) is -1.46. The second-order valence-electron chi connectivity index (χ2n) is 2.21. The maximum atomic E-state index is 10.6. The molecule has 0 aromatic heterocycles. The van der Waals surface area contributed by atoms with Gasteiger partial charge in [0.2, 0.25) is 5.91 Å². The van der Waals surface area contributed by atoms with Gasteiger partial charge in [-0.1, -0.05) is 0 Å². The Labute approximate surface area is 53.0 Å². The van der Waals surface area contributed by atoms with Crippen LogP contribution in [0, 0.1) is 0 Å². The van der Waals surface area contributed by atoms with Crippen LogP contribution in [0.3, 0.4) is 0 Å². The zero-order chi connectivity index (χ0) is 6.85. The number of hydrogen-bond donors (Lipinski definition) is 3. The highest BCUT2D eigenvalue weighted by Gasteiger charge is 2.22. The summed E-state index contributed by atoms with van der Waals surface area (Å²) in [7, 11) is 0. The number of nitrogens with one attached hydrogen (secondary N) is 1. The quantitative estimate of drug-likeness (QED) is 0.375. The highest BCUT2D eigenvalue weighted by atomic mass is 16.3. The summed E-state index contributed by atoms with van der Waals surface area (Å²) in [6.45, 7) is 0. The highest BCUT2D eigenvalue weighted by molar-refractivity contribution is 5.82. The number of carbonyl (C=O) groups is 1. The molecule has 0 saturated carbocycles. The van der Waals surface area contributed by atoms with E-state index in [4.69, 9.17) is 10.8 Å². The number of aliphatic hydroxyl groups excluding tert-OH is 1. The molecule has 4 nitrogen and oxygen atoms in total. The first kappa shape index (κ1) is 6.51. The summed E-state index contributed by atoms with van der Waals surface area (Å²) in [5, 5.41) is 11.1. The number of nitrogens with two attached hydrogens (primary N) is 1. The monoisotopic (exact) mass is 130 g/mol. The van der Waals surface area contributed by atoms with E-state index in [9.17, 15) is 4.79 Å². The molecule has 1 fully saturated rings. The standard InChI is InChI=1S/C5H10N2O2/c6-3-1-2-4(8)7-5(3)9/h3-4,8H,1-2,6H2,(H,7,9)/t3-,4?/m1/s1. The minimum absolute atomic E-state index is 0.256. The van der Waals surface area contributed by atoms with Crippen LogP contribution in [0.4, 0.5) is 0 Å². The van der Waals surface area contributed by atoms with E-state index in [0.717, 1.165) is 0 Å². The van der Waals surface area contributed by atoms with Crippen molar-refractivity contribution in [3.63, 3.8) is 0 Å². The lowest BCUT2D eigenvalue weighted by Crippen LogP contribution is -2.50. The first-order valence-electron chi connectivity index (χ1n) is 2.94. The average Bonchev–Trinajstić information content (AvgIpc) is 1.80. The topological polar surface area (TPSA) is 75.3 Å². The molecule has 1 unspecified atom stereocenters. The van der Waals surface area contributed by atoms with E-state index < -0.39 is 12.3 Å². The van der Waals surface area contributed by atoms with Gasteiger partial charge in [0.05, 0.1) is 6.04 Å². The fraction of sp³-hybridized carbons (Fsp3) is 0.800. The van der Waals surface area contributed by atoms with E-state index in [-0.39, 0.29) is 5.91 Å². The van der Waals surface area contributed by atoms with Crippen LogP contribution in [0.1, 0.15) is 12.8 Å². The Hall–Kier alpha value is -0.610. The zero-order valence-electron chi connectivity index (χ0n) is 5.00. The van der Waals surface area contributed by atoms with Crippen LogP contribution in [0.5, 0.6) is 0 Å². The van der Waals surface area contributed by atoms with Crippen LogP contribution in [0.15, 0.2) is 0 Å².